The largest absolute Gasteiger partial charge is 0.398 e. The molecule has 0 bridgehead atoms. The molecule has 0 aliphatic heterocycles. The van der Waals surface area contributed by atoms with Gasteiger partial charge in [0.15, 0.2) is 0 Å². The number of nitrogens with zero attached hydrogens (tertiary/aromatic N) is 1. The van der Waals surface area contributed by atoms with Crippen LogP contribution in [-0.4, -0.2) is 6.04 Å². The maximum absolute atomic E-state index is 8.82. The maximum atomic E-state index is 8.82. The first-order valence-corrected chi connectivity index (χ1v) is 6.25. The van der Waals surface area contributed by atoms with Gasteiger partial charge in [-0.25, -0.2) is 0 Å². The molecule has 3 nitrogen and oxygen atoms in total. The van der Waals surface area contributed by atoms with Gasteiger partial charge in [0.1, 0.15) is 6.07 Å². The molecule has 1 aliphatic rings. The summed E-state index contributed by atoms with van der Waals surface area (Å²) >= 11 is 0. The summed E-state index contributed by atoms with van der Waals surface area (Å²) in [4.78, 5) is 0. The molecule has 2 unspecified atom stereocenters. The Morgan fingerprint density at radius 1 is 1.41 bits per heavy atom. The summed E-state index contributed by atoms with van der Waals surface area (Å²) in [5.41, 5.74) is 7.94. The zero-order valence-corrected chi connectivity index (χ0v) is 10.2. The van der Waals surface area contributed by atoms with Gasteiger partial charge in [0.2, 0.25) is 0 Å². The van der Waals surface area contributed by atoms with E-state index in [1.54, 1.807) is 6.07 Å². The Bertz CT molecular complexity index is 434. The average Bonchev–Trinajstić information content (AvgIpc) is 2.29. The van der Waals surface area contributed by atoms with E-state index < -0.39 is 0 Å². The number of hydrogen-bond acceptors (Lipinski definition) is 3. The minimum atomic E-state index is 0.547. The number of nitrogens with one attached hydrogen (secondary N) is 1. The lowest BCUT2D eigenvalue weighted by Crippen LogP contribution is -2.26. The molecule has 1 fully saturated rings. The van der Waals surface area contributed by atoms with E-state index in [4.69, 9.17) is 11.0 Å². The van der Waals surface area contributed by atoms with Crippen LogP contribution in [0.4, 0.5) is 11.4 Å². The molecule has 1 saturated carbocycles. The van der Waals surface area contributed by atoms with Crippen molar-refractivity contribution in [3.63, 3.8) is 0 Å². The van der Waals surface area contributed by atoms with E-state index in [0.717, 1.165) is 11.6 Å². The molecule has 0 saturated heterocycles. The highest BCUT2D eigenvalue weighted by Gasteiger charge is 2.18. The number of nitrogen functional groups attached to an aromatic ring is 1. The van der Waals surface area contributed by atoms with Gasteiger partial charge in [0, 0.05) is 11.7 Å². The Hall–Kier alpha value is -1.69. The molecule has 2 rings (SSSR count). The summed E-state index contributed by atoms with van der Waals surface area (Å²) in [6.07, 6.45) is 5.09. The van der Waals surface area contributed by atoms with Crippen molar-refractivity contribution in [2.24, 2.45) is 5.92 Å². The highest BCUT2D eigenvalue weighted by molar-refractivity contribution is 5.62. The molecule has 2 atom stereocenters. The van der Waals surface area contributed by atoms with Gasteiger partial charge in [-0.15, -0.1) is 0 Å². The van der Waals surface area contributed by atoms with Crippen LogP contribution < -0.4 is 11.1 Å². The Morgan fingerprint density at radius 3 is 2.88 bits per heavy atom. The number of nitriles is 1. The second-order valence-corrected chi connectivity index (χ2v) is 5.03. The van der Waals surface area contributed by atoms with E-state index in [1.165, 1.54) is 25.7 Å². The highest BCUT2D eigenvalue weighted by Crippen LogP contribution is 2.27. The van der Waals surface area contributed by atoms with E-state index in [1.807, 2.05) is 12.1 Å². The third-order valence-corrected chi connectivity index (χ3v) is 3.48. The Balaban J connectivity index is 2.04. The number of benzene rings is 1. The third kappa shape index (κ3) is 2.91. The van der Waals surface area contributed by atoms with Crippen LogP contribution in [0.2, 0.25) is 0 Å². The number of anilines is 2. The highest BCUT2D eigenvalue weighted by atomic mass is 14.9. The van der Waals surface area contributed by atoms with Crippen LogP contribution in [0.15, 0.2) is 18.2 Å². The van der Waals surface area contributed by atoms with Gasteiger partial charge in [-0.2, -0.15) is 5.26 Å². The summed E-state index contributed by atoms with van der Waals surface area (Å²) in [6, 6.07) is 8.21. The van der Waals surface area contributed by atoms with Gasteiger partial charge >= 0.3 is 0 Å². The molecule has 17 heavy (non-hydrogen) atoms. The summed E-state index contributed by atoms with van der Waals surface area (Å²) in [5, 5.41) is 12.3. The quantitative estimate of drug-likeness (QED) is 0.766. The maximum Gasteiger partial charge on any atom is 0.101 e. The van der Waals surface area contributed by atoms with Crippen molar-refractivity contribution in [1.82, 2.24) is 0 Å². The molecule has 1 aromatic carbocycles. The lowest BCUT2D eigenvalue weighted by Gasteiger charge is -2.28. The summed E-state index contributed by atoms with van der Waals surface area (Å²) in [6.45, 7) is 2.31. The smallest absolute Gasteiger partial charge is 0.101 e. The van der Waals surface area contributed by atoms with Crippen LogP contribution >= 0.6 is 0 Å². The minimum absolute atomic E-state index is 0.547. The van der Waals surface area contributed by atoms with E-state index in [2.05, 4.69) is 18.3 Å². The lowest BCUT2D eigenvalue weighted by molar-refractivity contribution is 0.358. The summed E-state index contributed by atoms with van der Waals surface area (Å²) in [7, 11) is 0. The fraction of sp³-hybridized carbons (Fsp3) is 0.500. The van der Waals surface area contributed by atoms with E-state index in [9.17, 15) is 0 Å². The van der Waals surface area contributed by atoms with Crippen molar-refractivity contribution in [2.75, 3.05) is 11.1 Å². The van der Waals surface area contributed by atoms with Crippen molar-refractivity contribution in [1.29, 1.82) is 5.26 Å². The van der Waals surface area contributed by atoms with Crippen LogP contribution in [-0.2, 0) is 0 Å². The summed E-state index contributed by atoms with van der Waals surface area (Å²) < 4.78 is 0. The number of nitrogens with two attached hydrogens (primary N) is 1. The van der Waals surface area contributed by atoms with Gasteiger partial charge in [-0.3, -0.25) is 0 Å². The average molecular weight is 229 g/mol. The van der Waals surface area contributed by atoms with Crippen molar-refractivity contribution in [3.05, 3.63) is 23.8 Å². The Labute approximate surface area is 103 Å². The third-order valence-electron chi connectivity index (χ3n) is 3.48. The van der Waals surface area contributed by atoms with Crippen molar-refractivity contribution < 1.29 is 0 Å². The van der Waals surface area contributed by atoms with Gasteiger partial charge in [0.25, 0.3) is 0 Å². The second kappa shape index (κ2) is 5.09. The predicted molar refractivity (Wildman–Crippen MR) is 70.6 cm³/mol. The Kier molecular flexibility index (Phi) is 3.53. The van der Waals surface area contributed by atoms with E-state index in [0.29, 0.717) is 17.3 Å². The van der Waals surface area contributed by atoms with E-state index >= 15 is 0 Å². The Morgan fingerprint density at radius 2 is 2.24 bits per heavy atom. The fourth-order valence-electron chi connectivity index (χ4n) is 2.56. The molecule has 1 aromatic rings. The standard InChI is InChI=1S/C14H19N3/c1-10-3-2-4-12(7-10)17-13-6-5-11(9-15)14(16)8-13/h5-6,8,10,12,17H,2-4,7,16H2,1H3. The zero-order valence-electron chi connectivity index (χ0n) is 10.2. The SMILES string of the molecule is CC1CCCC(Nc2ccc(C#N)c(N)c2)C1. The molecule has 0 heterocycles. The molecule has 0 amide bonds. The van der Waals surface area contributed by atoms with Crippen LogP contribution in [0.5, 0.6) is 0 Å². The van der Waals surface area contributed by atoms with Crippen molar-refractivity contribution in [2.45, 2.75) is 38.6 Å². The topological polar surface area (TPSA) is 61.8 Å². The van der Waals surface area contributed by atoms with Gasteiger partial charge in [-0.1, -0.05) is 19.8 Å². The van der Waals surface area contributed by atoms with Crippen molar-refractivity contribution in [3.8, 4) is 6.07 Å². The normalized spacial score (nSPS) is 24.0. The predicted octanol–water partition coefficient (Wildman–Crippen LogP) is 3.13. The van der Waals surface area contributed by atoms with E-state index in [-0.39, 0.29) is 0 Å². The molecule has 0 spiro atoms. The first-order chi connectivity index (χ1) is 8.19. The van der Waals surface area contributed by atoms with Crippen LogP contribution in [0.3, 0.4) is 0 Å². The molecule has 3 heteroatoms. The zero-order chi connectivity index (χ0) is 12.3. The molecule has 90 valence electrons. The van der Waals surface area contributed by atoms with Crippen molar-refractivity contribution >= 4 is 11.4 Å². The number of hydrogen-bond donors (Lipinski definition) is 2. The van der Waals surface area contributed by atoms with Crippen LogP contribution in [0, 0.1) is 17.2 Å². The number of rotatable bonds is 2. The minimum Gasteiger partial charge on any atom is -0.398 e. The van der Waals surface area contributed by atoms with Gasteiger partial charge in [0.05, 0.1) is 11.3 Å². The first kappa shape index (κ1) is 11.8. The molecular weight excluding hydrogens is 210 g/mol. The monoisotopic (exact) mass is 229 g/mol. The second-order valence-electron chi connectivity index (χ2n) is 5.03. The molecule has 0 radical (unpaired) electrons. The van der Waals surface area contributed by atoms with Gasteiger partial charge in [-0.05, 0) is 37.0 Å². The molecular formula is C14H19N3. The lowest BCUT2D eigenvalue weighted by atomic mass is 9.87. The molecule has 3 N–H and O–H groups in total. The van der Waals surface area contributed by atoms with Gasteiger partial charge < -0.3 is 11.1 Å². The molecule has 1 aliphatic carbocycles. The first-order valence-electron chi connectivity index (χ1n) is 6.25. The summed E-state index contributed by atoms with van der Waals surface area (Å²) in [5.74, 6) is 0.803. The van der Waals surface area contributed by atoms with Crippen LogP contribution in [0.1, 0.15) is 38.2 Å². The van der Waals surface area contributed by atoms with Crippen LogP contribution in [0.25, 0.3) is 0 Å². The molecule has 0 aromatic heterocycles. The fourth-order valence-corrected chi connectivity index (χ4v) is 2.56.